The molecular formula is C9H14N2O2. The maximum absolute atomic E-state index is 8.40. The van der Waals surface area contributed by atoms with E-state index in [9.17, 15) is 0 Å². The number of hydrogen-bond acceptors (Lipinski definition) is 4. The summed E-state index contributed by atoms with van der Waals surface area (Å²) in [5.41, 5.74) is 0.149. The molecule has 0 fully saturated rings. The molecule has 0 unspecified atom stereocenters. The molecule has 0 rings (SSSR count). The molecule has 0 spiro atoms. The fourth-order valence-electron chi connectivity index (χ4n) is 0.347. The lowest BCUT2D eigenvalue weighted by Crippen LogP contribution is -2.20. The Bertz CT molecular complexity index is 272. The van der Waals surface area contributed by atoms with Crippen molar-refractivity contribution in [2.45, 2.75) is 33.3 Å². The number of hydrogen-bond donors (Lipinski definition) is 1. The van der Waals surface area contributed by atoms with Crippen molar-refractivity contribution in [2.24, 2.45) is 10.3 Å². The van der Waals surface area contributed by atoms with Crippen molar-refractivity contribution in [3.05, 3.63) is 0 Å². The highest BCUT2D eigenvalue weighted by atomic mass is 16.6. The van der Waals surface area contributed by atoms with Crippen LogP contribution in [0.15, 0.2) is 10.3 Å². The van der Waals surface area contributed by atoms with Crippen molar-refractivity contribution < 1.29 is 10.0 Å². The van der Waals surface area contributed by atoms with Crippen molar-refractivity contribution in [3.63, 3.8) is 0 Å². The van der Waals surface area contributed by atoms with Crippen molar-refractivity contribution in [2.75, 3.05) is 0 Å². The molecular weight excluding hydrogens is 168 g/mol. The predicted octanol–water partition coefficient (Wildman–Crippen LogP) is 1.64. The lowest BCUT2D eigenvalue weighted by molar-refractivity contribution is 0.0323. The van der Waals surface area contributed by atoms with Crippen molar-refractivity contribution in [3.8, 4) is 12.3 Å². The van der Waals surface area contributed by atoms with Gasteiger partial charge in [-0.3, -0.25) is 0 Å². The van der Waals surface area contributed by atoms with E-state index in [4.69, 9.17) is 16.5 Å². The van der Waals surface area contributed by atoms with Gasteiger partial charge >= 0.3 is 0 Å². The van der Waals surface area contributed by atoms with Gasteiger partial charge in [0.05, 0.1) is 0 Å². The molecule has 0 saturated carbocycles. The van der Waals surface area contributed by atoms with Gasteiger partial charge < -0.3 is 10.0 Å². The molecule has 1 N–H and O–H groups in total. The molecule has 0 aliphatic heterocycles. The van der Waals surface area contributed by atoms with Gasteiger partial charge in [-0.1, -0.05) is 16.2 Å². The third-order valence-electron chi connectivity index (χ3n) is 1.43. The topological polar surface area (TPSA) is 54.2 Å². The van der Waals surface area contributed by atoms with Gasteiger partial charge in [-0.2, -0.15) is 0 Å². The molecule has 0 aliphatic carbocycles. The van der Waals surface area contributed by atoms with E-state index in [0.29, 0.717) is 11.4 Å². The van der Waals surface area contributed by atoms with E-state index in [1.54, 1.807) is 27.7 Å². The van der Waals surface area contributed by atoms with Crippen LogP contribution >= 0.6 is 0 Å². The molecule has 0 heterocycles. The minimum Gasteiger partial charge on any atom is -0.411 e. The Balaban J connectivity index is 4.39. The molecule has 0 aromatic rings. The first-order valence-corrected chi connectivity index (χ1v) is 3.82. The lowest BCUT2D eigenvalue weighted by atomic mass is 10.2. The van der Waals surface area contributed by atoms with E-state index in [0.717, 1.165) is 0 Å². The van der Waals surface area contributed by atoms with Crippen LogP contribution in [0.3, 0.4) is 0 Å². The van der Waals surface area contributed by atoms with Crippen LogP contribution in [0.1, 0.15) is 27.7 Å². The zero-order valence-corrected chi connectivity index (χ0v) is 8.33. The first-order valence-electron chi connectivity index (χ1n) is 3.82. The Morgan fingerprint density at radius 3 is 2.31 bits per heavy atom. The molecule has 0 aromatic carbocycles. The molecule has 4 nitrogen and oxygen atoms in total. The van der Waals surface area contributed by atoms with Crippen molar-refractivity contribution >= 4 is 11.4 Å². The largest absolute Gasteiger partial charge is 0.411 e. The second-order valence-corrected chi connectivity index (χ2v) is 3.11. The van der Waals surface area contributed by atoms with E-state index >= 15 is 0 Å². The van der Waals surface area contributed by atoms with Crippen LogP contribution in [0.25, 0.3) is 0 Å². The van der Waals surface area contributed by atoms with Crippen LogP contribution in [-0.2, 0) is 4.84 Å². The van der Waals surface area contributed by atoms with Crippen molar-refractivity contribution in [1.82, 2.24) is 0 Å². The molecule has 0 radical (unpaired) electrons. The zero-order valence-electron chi connectivity index (χ0n) is 8.33. The van der Waals surface area contributed by atoms with E-state index in [2.05, 4.69) is 16.2 Å². The van der Waals surface area contributed by atoms with E-state index in [1.807, 2.05) is 0 Å². The standard InChI is InChI=1S/C9H14N2O2/c1-6-9(4,5)13-11-8(3)7(2)10-12/h1,12H,2-5H3/b10-7+,11-8+. The fourth-order valence-corrected chi connectivity index (χ4v) is 0.347. The number of oxime groups is 2. The van der Waals surface area contributed by atoms with Crippen LogP contribution in [-0.4, -0.2) is 22.2 Å². The Kier molecular flexibility index (Phi) is 3.99. The molecule has 0 saturated heterocycles. The maximum atomic E-state index is 8.40. The summed E-state index contributed by atoms with van der Waals surface area (Å²) < 4.78 is 0. The van der Waals surface area contributed by atoms with Crippen molar-refractivity contribution in [1.29, 1.82) is 0 Å². The Morgan fingerprint density at radius 1 is 1.38 bits per heavy atom. The van der Waals surface area contributed by atoms with Crippen LogP contribution < -0.4 is 0 Å². The summed E-state index contributed by atoms with van der Waals surface area (Å²) in [5, 5.41) is 15.1. The van der Waals surface area contributed by atoms with Gasteiger partial charge in [0.25, 0.3) is 0 Å². The normalized spacial score (nSPS) is 13.8. The molecule has 0 atom stereocenters. The van der Waals surface area contributed by atoms with Gasteiger partial charge in [0.15, 0.2) is 5.60 Å². The van der Waals surface area contributed by atoms with Gasteiger partial charge in [-0.25, -0.2) is 0 Å². The third-order valence-corrected chi connectivity index (χ3v) is 1.43. The highest BCUT2D eigenvalue weighted by Crippen LogP contribution is 2.07. The summed E-state index contributed by atoms with van der Waals surface area (Å²) in [4.78, 5) is 5.02. The summed E-state index contributed by atoms with van der Waals surface area (Å²) in [6.45, 7) is 6.72. The maximum Gasteiger partial charge on any atom is 0.191 e. The minimum absolute atomic E-state index is 0.396. The Labute approximate surface area is 78.3 Å². The van der Waals surface area contributed by atoms with Gasteiger partial charge in [0.1, 0.15) is 11.4 Å². The van der Waals surface area contributed by atoms with Gasteiger partial charge in [0, 0.05) is 0 Å². The molecule has 0 aromatic heterocycles. The Morgan fingerprint density at radius 2 is 1.92 bits per heavy atom. The average molecular weight is 182 g/mol. The molecule has 13 heavy (non-hydrogen) atoms. The first kappa shape index (κ1) is 11.5. The van der Waals surface area contributed by atoms with Crippen LogP contribution in [0, 0.1) is 12.3 Å². The first-order chi connectivity index (χ1) is 5.93. The Hall–Kier alpha value is -1.50. The van der Waals surface area contributed by atoms with Gasteiger partial charge in [-0.15, -0.1) is 6.42 Å². The van der Waals surface area contributed by atoms with Gasteiger partial charge in [-0.05, 0) is 27.7 Å². The van der Waals surface area contributed by atoms with E-state index in [-0.39, 0.29) is 0 Å². The number of rotatable bonds is 3. The quantitative estimate of drug-likeness (QED) is 0.312. The monoisotopic (exact) mass is 182 g/mol. The third kappa shape index (κ3) is 4.16. The summed E-state index contributed by atoms with van der Waals surface area (Å²) in [7, 11) is 0. The molecule has 0 aliphatic rings. The summed E-state index contributed by atoms with van der Waals surface area (Å²) in [5.74, 6) is 2.42. The second kappa shape index (κ2) is 4.51. The second-order valence-electron chi connectivity index (χ2n) is 3.11. The predicted molar refractivity (Wildman–Crippen MR) is 52.0 cm³/mol. The van der Waals surface area contributed by atoms with E-state index < -0.39 is 5.60 Å². The fraction of sp³-hybridized carbons (Fsp3) is 0.556. The minimum atomic E-state index is -0.739. The van der Waals surface area contributed by atoms with Crippen LogP contribution in [0.5, 0.6) is 0 Å². The van der Waals surface area contributed by atoms with Gasteiger partial charge in [0.2, 0.25) is 0 Å². The lowest BCUT2D eigenvalue weighted by Gasteiger charge is -2.14. The zero-order chi connectivity index (χ0) is 10.5. The smallest absolute Gasteiger partial charge is 0.191 e. The SMILES string of the molecule is C#CC(C)(C)O/N=C(C)/C(C)=N/O. The van der Waals surface area contributed by atoms with E-state index in [1.165, 1.54) is 0 Å². The molecule has 72 valence electrons. The number of terminal acetylenes is 1. The summed E-state index contributed by atoms with van der Waals surface area (Å²) >= 11 is 0. The average Bonchev–Trinajstić information content (AvgIpc) is 2.13. The molecule has 4 heteroatoms. The molecule has 0 amide bonds. The molecule has 0 bridgehead atoms. The highest BCUT2D eigenvalue weighted by Gasteiger charge is 2.14. The summed E-state index contributed by atoms with van der Waals surface area (Å²) in [6.07, 6.45) is 5.18. The number of nitrogens with zero attached hydrogens (tertiary/aromatic N) is 2. The van der Waals surface area contributed by atoms with Crippen LogP contribution in [0.2, 0.25) is 0 Å². The highest BCUT2D eigenvalue weighted by molar-refractivity contribution is 6.40. The van der Waals surface area contributed by atoms with Crippen LogP contribution in [0.4, 0.5) is 0 Å². The summed E-state index contributed by atoms with van der Waals surface area (Å²) in [6, 6.07) is 0.